The highest BCUT2D eigenvalue weighted by Crippen LogP contribution is 2.16. The smallest absolute Gasteiger partial charge is 0.328 e. The Morgan fingerprint density at radius 2 is 1.53 bits per heavy atom. The number of carboxylic acids is 1. The molecular formula is C23H24N2O5. The Morgan fingerprint density at radius 3 is 2.03 bits per heavy atom. The summed E-state index contributed by atoms with van der Waals surface area (Å²) >= 11 is 0. The van der Waals surface area contributed by atoms with Crippen LogP contribution in [0, 0.1) is 11.8 Å². The molecule has 0 unspecified atom stereocenters. The second kappa shape index (κ2) is 9.92. The van der Waals surface area contributed by atoms with Crippen molar-refractivity contribution >= 4 is 17.6 Å². The van der Waals surface area contributed by atoms with Gasteiger partial charge in [0.1, 0.15) is 0 Å². The number of nitrogens with one attached hydrogen (secondary N) is 1. The van der Waals surface area contributed by atoms with Crippen LogP contribution in [0.1, 0.15) is 28.4 Å². The number of morpholine rings is 1. The third-order valence-electron chi connectivity index (χ3n) is 4.78. The fourth-order valence-corrected chi connectivity index (χ4v) is 3.04. The number of aliphatic hydroxyl groups excluding tert-OH is 1. The number of nitrogens with zero attached hydrogens (tertiary/aromatic N) is 1. The molecule has 2 atom stereocenters. The molecule has 2 aromatic carbocycles. The van der Waals surface area contributed by atoms with Gasteiger partial charge in [0.15, 0.2) is 6.04 Å². The molecule has 156 valence electrons. The van der Waals surface area contributed by atoms with Crippen LogP contribution in [-0.2, 0) is 9.53 Å². The standard InChI is InChI=1S/C23H24N2O5/c1-16(26)21(23(28)29)24-22(27)19-8-4-17(5-9-19)2-3-18-6-10-20(11-7-18)25-12-14-30-15-13-25/h4-11,16,21,26H,12-15H2,1H3,(H,24,27)(H,28,29)/t16-,21+/m1/s1. The van der Waals surface area contributed by atoms with Gasteiger partial charge in [-0.05, 0) is 55.5 Å². The van der Waals surface area contributed by atoms with E-state index in [-0.39, 0.29) is 0 Å². The maximum Gasteiger partial charge on any atom is 0.328 e. The predicted octanol–water partition coefficient (Wildman–Crippen LogP) is 1.49. The van der Waals surface area contributed by atoms with Gasteiger partial charge in [0, 0.05) is 35.5 Å². The molecule has 0 aromatic heterocycles. The van der Waals surface area contributed by atoms with Crippen molar-refractivity contribution in [1.29, 1.82) is 0 Å². The molecule has 0 spiro atoms. The first-order valence-electron chi connectivity index (χ1n) is 9.70. The summed E-state index contributed by atoms with van der Waals surface area (Å²) in [5.74, 6) is 4.29. The summed E-state index contributed by atoms with van der Waals surface area (Å²) < 4.78 is 5.37. The minimum absolute atomic E-state index is 0.294. The lowest BCUT2D eigenvalue weighted by molar-refractivity contribution is -0.141. The molecule has 1 saturated heterocycles. The second-order valence-corrected chi connectivity index (χ2v) is 7.00. The molecule has 0 bridgehead atoms. The van der Waals surface area contributed by atoms with Crippen LogP contribution >= 0.6 is 0 Å². The third kappa shape index (κ3) is 5.60. The van der Waals surface area contributed by atoms with Gasteiger partial charge in [-0.3, -0.25) is 4.79 Å². The zero-order valence-corrected chi connectivity index (χ0v) is 16.7. The van der Waals surface area contributed by atoms with Crippen LogP contribution in [0.4, 0.5) is 5.69 Å². The highest BCUT2D eigenvalue weighted by molar-refractivity contribution is 5.96. The molecule has 0 aliphatic carbocycles. The first-order valence-corrected chi connectivity index (χ1v) is 9.70. The number of aliphatic hydroxyl groups is 1. The molecule has 1 aliphatic heterocycles. The molecule has 1 amide bonds. The maximum absolute atomic E-state index is 12.2. The molecule has 7 heteroatoms. The average molecular weight is 408 g/mol. The monoisotopic (exact) mass is 408 g/mol. The molecule has 3 rings (SSSR count). The van der Waals surface area contributed by atoms with E-state index in [0.29, 0.717) is 5.56 Å². The SMILES string of the molecule is C[C@@H](O)[C@H](NC(=O)c1ccc(C#Cc2ccc(N3CCOCC3)cc2)cc1)C(=O)O. The molecule has 1 heterocycles. The third-order valence-corrected chi connectivity index (χ3v) is 4.78. The van der Waals surface area contributed by atoms with Gasteiger partial charge in [-0.1, -0.05) is 11.8 Å². The van der Waals surface area contributed by atoms with Gasteiger partial charge in [-0.15, -0.1) is 0 Å². The Bertz CT molecular complexity index is 936. The molecule has 30 heavy (non-hydrogen) atoms. The van der Waals surface area contributed by atoms with E-state index in [1.54, 1.807) is 24.3 Å². The van der Waals surface area contributed by atoms with Crippen molar-refractivity contribution in [2.24, 2.45) is 0 Å². The summed E-state index contributed by atoms with van der Waals surface area (Å²) in [4.78, 5) is 25.5. The van der Waals surface area contributed by atoms with Crippen LogP contribution in [0.15, 0.2) is 48.5 Å². The van der Waals surface area contributed by atoms with Crippen LogP contribution < -0.4 is 10.2 Å². The lowest BCUT2D eigenvalue weighted by atomic mass is 10.1. The summed E-state index contributed by atoms with van der Waals surface area (Å²) in [5.41, 5.74) is 3.06. The van der Waals surface area contributed by atoms with Crippen LogP contribution in [0.25, 0.3) is 0 Å². The van der Waals surface area contributed by atoms with E-state index in [0.717, 1.165) is 43.1 Å². The van der Waals surface area contributed by atoms with Gasteiger partial charge < -0.3 is 25.2 Å². The zero-order chi connectivity index (χ0) is 21.5. The quantitative estimate of drug-likeness (QED) is 0.649. The molecule has 1 aliphatic rings. The Labute approximate surface area is 175 Å². The fraction of sp³-hybridized carbons (Fsp3) is 0.304. The van der Waals surface area contributed by atoms with Crippen molar-refractivity contribution < 1.29 is 24.5 Å². The van der Waals surface area contributed by atoms with Gasteiger partial charge in [0.05, 0.1) is 19.3 Å². The topological polar surface area (TPSA) is 99.1 Å². The summed E-state index contributed by atoms with van der Waals surface area (Å²) in [6, 6.07) is 13.2. The lowest BCUT2D eigenvalue weighted by Crippen LogP contribution is -2.47. The molecule has 2 aromatic rings. The minimum Gasteiger partial charge on any atom is -0.480 e. The number of carbonyl (C=O) groups is 2. The number of hydrogen-bond donors (Lipinski definition) is 3. The summed E-state index contributed by atoms with van der Waals surface area (Å²) in [7, 11) is 0. The average Bonchev–Trinajstić information content (AvgIpc) is 2.76. The number of rotatable bonds is 5. The second-order valence-electron chi connectivity index (χ2n) is 7.00. The van der Waals surface area contributed by atoms with E-state index in [4.69, 9.17) is 9.84 Å². The van der Waals surface area contributed by atoms with Crippen LogP contribution in [0.3, 0.4) is 0 Å². The first-order chi connectivity index (χ1) is 14.4. The van der Waals surface area contributed by atoms with Crippen molar-refractivity contribution in [1.82, 2.24) is 5.32 Å². The molecule has 7 nitrogen and oxygen atoms in total. The Hall–Kier alpha value is -3.34. The van der Waals surface area contributed by atoms with Crippen molar-refractivity contribution in [3.8, 4) is 11.8 Å². The molecule has 1 fully saturated rings. The van der Waals surface area contributed by atoms with E-state index in [1.807, 2.05) is 24.3 Å². The number of carboxylic acid groups (broad SMARTS) is 1. The number of amides is 1. The van der Waals surface area contributed by atoms with Crippen molar-refractivity contribution in [2.75, 3.05) is 31.2 Å². The summed E-state index contributed by atoms with van der Waals surface area (Å²) in [6.07, 6.45) is -1.20. The van der Waals surface area contributed by atoms with Crippen LogP contribution in [-0.4, -0.2) is 60.5 Å². The number of hydrogen-bond acceptors (Lipinski definition) is 5. The van der Waals surface area contributed by atoms with Crippen LogP contribution in [0.2, 0.25) is 0 Å². The normalized spacial score (nSPS) is 15.5. The van der Waals surface area contributed by atoms with E-state index in [2.05, 4.69) is 22.1 Å². The van der Waals surface area contributed by atoms with Gasteiger partial charge >= 0.3 is 5.97 Å². The predicted molar refractivity (Wildman–Crippen MR) is 112 cm³/mol. The lowest BCUT2D eigenvalue weighted by Gasteiger charge is -2.28. The van der Waals surface area contributed by atoms with E-state index in [9.17, 15) is 14.7 Å². The molecule has 0 radical (unpaired) electrons. The Morgan fingerprint density at radius 1 is 1.00 bits per heavy atom. The summed E-state index contributed by atoms with van der Waals surface area (Å²) in [6.45, 7) is 4.56. The van der Waals surface area contributed by atoms with Gasteiger partial charge in [-0.25, -0.2) is 4.79 Å². The number of ether oxygens (including phenoxy) is 1. The fourth-order valence-electron chi connectivity index (χ4n) is 3.04. The number of anilines is 1. The van der Waals surface area contributed by atoms with Crippen molar-refractivity contribution in [3.63, 3.8) is 0 Å². The minimum atomic E-state index is -1.36. The molecule has 3 N–H and O–H groups in total. The van der Waals surface area contributed by atoms with Crippen molar-refractivity contribution in [3.05, 3.63) is 65.2 Å². The van der Waals surface area contributed by atoms with Crippen LogP contribution in [0.5, 0.6) is 0 Å². The number of benzene rings is 2. The van der Waals surface area contributed by atoms with E-state index in [1.165, 1.54) is 6.92 Å². The summed E-state index contributed by atoms with van der Waals surface area (Å²) in [5, 5.41) is 20.8. The van der Waals surface area contributed by atoms with Gasteiger partial charge in [0.25, 0.3) is 5.91 Å². The zero-order valence-electron chi connectivity index (χ0n) is 16.7. The highest BCUT2D eigenvalue weighted by Gasteiger charge is 2.25. The number of carbonyl (C=O) groups excluding carboxylic acids is 1. The largest absolute Gasteiger partial charge is 0.480 e. The van der Waals surface area contributed by atoms with Gasteiger partial charge in [-0.2, -0.15) is 0 Å². The maximum atomic E-state index is 12.2. The Kier molecular flexibility index (Phi) is 7.07. The van der Waals surface area contributed by atoms with E-state index >= 15 is 0 Å². The Balaban J connectivity index is 1.62. The van der Waals surface area contributed by atoms with E-state index < -0.39 is 24.0 Å². The van der Waals surface area contributed by atoms with Crippen molar-refractivity contribution in [2.45, 2.75) is 19.1 Å². The first kappa shape index (κ1) is 21.4. The highest BCUT2D eigenvalue weighted by atomic mass is 16.5. The number of aliphatic carboxylic acids is 1. The molecule has 0 saturated carbocycles. The van der Waals surface area contributed by atoms with Gasteiger partial charge in [0.2, 0.25) is 0 Å². The molecular weight excluding hydrogens is 384 g/mol.